The number of amides is 1. The lowest BCUT2D eigenvalue weighted by molar-refractivity contribution is 0.0187. The van der Waals surface area contributed by atoms with E-state index >= 15 is 0 Å². The molecule has 0 bridgehead atoms. The van der Waals surface area contributed by atoms with Gasteiger partial charge in [-0.3, -0.25) is 0 Å². The molecule has 7 heteroatoms. The zero-order valence-electron chi connectivity index (χ0n) is 17.5. The molecular formula is C23H27F2NO4. The number of ether oxygens (including phenoxy) is 3. The highest BCUT2D eigenvalue weighted by atomic mass is 19.2. The lowest BCUT2D eigenvalue weighted by Gasteiger charge is -2.28. The van der Waals surface area contributed by atoms with E-state index < -0.39 is 17.2 Å². The van der Waals surface area contributed by atoms with Crippen LogP contribution in [-0.4, -0.2) is 35.8 Å². The average Bonchev–Trinajstić information content (AvgIpc) is 3.16. The van der Waals surface area contributed by atoms with Crippen molar-refractivity contribution in [2.75, 3.05) is 13.2 Å². The van der Waals surface area contributed by atoms with Gasteiger partial charge in [0.2, 0.25) is 0 Å². The maximum atomic E-state index is 13.2. The lowest BCUT2D eigenvalue weighted by Crippen LogP contribution is -2.42. The highest BCUT2D eigenvalue weighted by molar-refractivity contribution is 5.69. The minimum absolute atomic E-state index is 0.0239. The fourth-order valence-corrected chi connectivity index (χ4v) is 3.19. The molecule has 0 spiro atoms. The van der Waals surface area contributed by atoms with Gasteiger partial charge < -0.3 is 19.1 Å². The van der Waals surface area contributed by atoms with Crippen LogP contribution in [0.25, 0.3) is 0 Å². The first-order valence-corrected chi connectivity index (χ1v) is 10.0. The topological polar surface area (TPSA) is 48.0 Å². The van der Waals surface area contributed by atoms with Crippen molar-refractivity contribution in [3.8, 4) is 11.5 Å². The van der Waals surface area contributed by atoms with Crippen molar-refractivity contribution in [3.63, 3.8) is 0 Å². The molecule has 5 nitrogen and oxygen atoms in total. The standard InChI is InChI=1S/C23H27F2NO4/c1-23(2,3)30-22(27)26-12-4-5-17(26)15-29-19-9-7-18(8-10-19)28-14-16-6-11-20(24)21(25)13-16/h6-11,13,17H,4-5,12,14-15H2,1-3H3. The van der Waals surface area contributed by atoms with E-state index in [9.17, 15) is 13.6 Å². The van der Waals surface area contributed by atoms with E-state index in [4.69, 9.17) is 14.2 Å². The summed E-state index contributed by atoms with van der Waals surface area (Å²) < 4.78 is 43.1. The Morgan fingerprint density at radius 2 is 1.70 bits per heavy atom. The van der Waals surface area contributed by atoms with Crippen LogP contribution in [0.3, 0.4) is 0 Å². The largest absolute Gasteiger partial charge is 0.491 e. The molecule has 1 amide bonds. The number of rotatable bonds is 6. The van der Waals surface area contributed by atoms with Gasteiger partial charge in [0.25, 0.3) is 0 Å². The van der Waals surface area contributed by atoms with Gasteiger partial charge in [-0.15, -0.1) is 0 Å². The van der Waals surface area contributed by atoms with E-state index in [-0.39, 0.29) is 18.7 Å². The van der Waals surface area contributed by atoms with E-state index in [2.05, 4.69) is 0 Å². The summed E-state index contributed by atoms with van der Waals surface area (Å²) in [6, 6.07) is 10.7. The normalized spacial score (nSPS) is 16.4. The summed E-state index contributed by atoms with van der Waals surface area (Å²) in [5, 5.41) is 0. The first kappa shape index (κ1) is 21.9. The minimum atomic E-state index is -0.896. The van der Waals surface area contributed by atoms with Crippen LogP contribution in [0.5, 0.6) is 11.5 Å². The molecule has 162 valence electrons. The van der Waals surface area contributed by atoms with Crippen molar-refractivity contribution in [1.29, 1.82) is 0 Å². The summed E-state index contributed by atoms with van der Waals surface area (Å²) in [6.45, 7) is 6.73. The maximum Gasteiger partial charge on any atom is 0.410 e. The molecule has 0 aromatic heterocycles. The number of likely N-dealkylation sites (tertiary alicyclic amines) is 1. The molecule has 1 heterocycles. The third kappa shape index (κ3) is 6.08. The van der Waals surface area contributed by atoms with Gasteiger partial charge in [-0.2, -0.15) is 0 Å². The van der Waals surface area contributed by atoms with Gasteiger partial charge in [-0.05, 0) is 75.6 Å². The van der Waals surface area contributed by atoms with Crippen molar-refractivity contribution in [1.82, 2.24) is 4.90 Å². The first-order chi connectivity index (χ1) is 14.2. The van der Waals surface area contributed by atoms with Gasteiger partial charge in [0, 0.05) is 6.54 Å². The van der Waals surface area contributed by atoms with Crippen molar-refractivity contribution in [3.05, 3.63) is 59.7 Å². The number of carbonyl (C=O) groups is 1. The number of hydrogen-bond acceptors (Lipinski definition) is 4. The first-order valence-electron chi connectivity index (χ1n) is 10.0. The molecule has 1 aliphatic rings. The van der Waals surface area contributed by atoms with Gasteiger partial charge in [0.1, 0.15) is 30.3 Å². The lowest BCUT2D eigenvalue weighted by atomic mass is 10.2. The summed E-state index contributed by atoms with van der Waals surface area (Å²) in [4.78, 5) is 14.1. The van der Waals surface area contributed by atoms with Crippen LogP contribution >= 0.6 is 0 Å². The van der Waals surface area contributed by atoms with E-state index in [1.165, 1.54) is 6.07 Å². The van der Waals surface area contributed by atoms with Crippen LogP contribution in [0.2, 0.25) is 0 Å². The third-order valence-electron chi connectivity index (χ3n) is 4.66. The molecule has 1 atom stereocenters. The second kappa shape index (κ2) is 9.32. The van der Waals surface area contributed by atoms with Crippen molar-refractivity contribution < 1.29 is 27.8 Å². The summed E-state index contributed by atoms with van der Waals surface area (Å²) in [7, 11) is 0. The van der Waals surface area contributed by atoms with Crippen LogP contribution in [0.4, 0.5) is 13.6 Å². The quantitative estimate of drug-likeness (QED) is 0.636. The molecule has 30 heavy (non-hydrogen) atoms. The molecule has 1 fully saturated rings. The number of benzene rings is 2. The smallest absolute Gasteiger partial charge is 0.410 e. The second-order valence-corrected chi connectivity index (χ2v) is 8.29. The van der Waals surface area contributed by atoms with E-state index in [1.807, 2.05) is 20.8 Å². The van der Waals surface area contributed by atoms with Crippen LogP contribution in [0.1, 0.15) is 39.2 Å². The zero-order valence-corrected chi connectivity index (χ0v) is 17.5. The molecule has 2 aromatic carbocycles. The Kier molecular flexibility index (Phi) is 6.80. The second-order valence-electron chi connectivity index (χ2n) is 8.29. The van der Waals surface area contributed by atoms with Gasteiger partial charge >= 0.3 is 6.09 Å². The molecule has 1 saturated heterocycles. The molecule has 1 unspecified atom stereocenters. The summed E-state index contributed by atoms with van der Waals surface area (Å²) in [5.74, 6) is -0.533. The predicted octanol–water partition coefficient (Wildman–Crippen LogP) is 5.32. The molecule has 2 aromatic rings. The Hall–Kier alpha value is -2.83. The highest BCUT2D eigenvalue weighted by Gasteiger charge is 2.32. The average molecular weight is 419 g/mol. The predicted molar refractivity (Wildman–Crippen MR) is 109 cm³/mol. The highest BCUT2D eigenvalue weighted by Crippen LogP contribution is 2.23. The van der Waals surface area contributed by atoms with E-state index in [0.29, 0.717) is 30.2 Å². The molecule has 0 radical (unpaired) electrons. The van der Waals surface area contributed by atoms with Crippen LogP contribution in [0, 0.1) is 11.6 Å². The molecule has 1 aliphatic heterocycles. The summed E-state index contributed by atoms with van der Waals surface area (Å²) in [6.07, 6.45) is 1.48. The van der Waals surface area contributed by atoms with Crippen LogP contribution in [0.15, 0.2) is 42.5 Å². The Labute approximate surface area is 175 Å². The fraction of sp³-hybridized carbons (Fsp3) is 0.435. The Morgan fingerprint density at radius 1 is 1.03 bits per heavy atom. The number of hydrogen-bond donors (Lipinski definition) is 0. The minimum Gasteiger partial charge on any atom is -0.491 e. The van der Waals surface area contributed by atoms with Gasteiger partial charge in [-0.1, -0.05) is 6.07 Å². The molecule has 0 aliphatic carbocycles. The fourth-order valence-electron chi connectivity index (χ4n) is 3.19. The molecule has 3 rings (SSSR count). The maximum absolute atomic E-state index is 13.2. The number of halogens is 2. The SMILES string of the molecule is CC(C)(C)OC(=O)N1CCCC1COc1ccc(OCc2ccc(F)c(F)c2)cc1. The Balaban J connectivity index is 1.49. The summed E-state index contributed by atoms with van der Waals surface area (Å²) >= 11 is 0. The van der Waals surface area contributed by atoms with Crippen LogP contribution < -0.4 is 9.47 Å². The Morgan fingerprint density at radius 3 is 2.33 bits per heavy atom. The zero-order chi connectivity index (χ0) is 21.7. The van der Waals surface area contributed by atoms with Gasteiger partial charge in [-0.25, -0.2) is 13.6 Å². The molecule has 0 N–H and O–H groups in total. The monoisotopic (exact) mass is 419 g/mol. The van der Waals surface area contributed by atoms with E-state index in [0.717, 1.165) is 25.0 Å². The van der Waals surface area contributed by atoms with Crippen LogP contribution in [-0.2, 0) is 11.3 Å². The van der Waals surface area contributed by atoms with Crippen molar-refractivity contribution >= 4 is 6.09 Å². The number of carbonyl (C=O) groups excluding carboxylic acids is 1. The number of nitrogens with zero attached hydrogens (tertiary/aromatic N) is 1. The van der Waals surface area contributed by atoms with Gasteiger partial charge in [0.05, 0.1) is 6.04 Å². The van der Waals surface area contributed by atoms with Crippen molar-refractivity contribution in [2.24, 2.45) is 0 Å². The summed E-state index contributed by atoms with van der Waals surface area (Å²) in [5.41, 5.74) is 0.0123. The van der Waals surface area contributed by atoms with E-state index in [1.54, 1.807) is 29.2 Å². The van der Waals surface area contributed by atoms with Gasteiger partial charge in [0.15, 0.2) is 11.6 Å². The molecular weight excluding hydrogens is 392 g/mol. The van der Waals surface area contributed by atoms with Crippen molar-refractivity contribution in [2.45, 2.75) is 51.9 Å². The Bertz CT molecular complexity index is 864. The molecule has 0 saturated carbocycles. The third-order valence-corrected chi connectivity index (χ3v) is 4.66.